The number of allylic oxidation sites excluding steroid dienone is 2. The number of rotatable bonds is 10. The van der Waals surface area contributed by atoms with Gasteiger partial charge in [0.2, 0.25) is 5.91 Å². The van der Waals surface area contributed by atoms with Crippen molar-refractivity contribution >= 4 is 32.8 Å². The lowest BCUT2D eigenvalue weighted by molar-refractivity contribution is -0.138. The predicted molar refractivity (Wildman–Crippen MR) is 162 cm³/mol. The number of carbonyl (C=O) groups is 2. The monoisotopic (exact) mass is 633 g/mol. The van der Waals surface area contributed by atoms with Crippen molar-refractivity contribution in [1.82, 2.24) is 15.5 Å². The summed E-state index contributed by atoms with van der Waals surface area (Å²) in [4.78, 5) is 27.2. The molecular weight excluding hydrogens is 591 g/mol. The van der Waals surface area contributed by atoms with Crippen LogP contribution in [0.25, 0.3) is 0 Å². The van der Waals surface area contributed by atoms with Gasteiger partial charge in [-0.3, -0.25) is 14.1 Å². The third-order valence-corrected chi connectivity index (χ3v) is 11.7. The lowest BCUT2D eigenvalue weighted by Gasteiger charge is -2.43. The van der Waals surface area contributed by atoms with Crippen LogP contribution in [0.1, 0.15) is 61.0 Å². The maximum absolute atomic E-state index is 14.2. The first-order valence-electron chi connectivity index (χ1n) is 14.2. The Hall–Kier alpha value is -2.21. The third kappa shape index (κ3) is 8.67. The highest BCUT2D eigenvalue weighted by atomic mass is 35.5. The summed E-state index contributed by atoms with van der Waals surface area (Å²) >= 11 is 6.37. The second-order valence-corrected chi connectivity index (χ2v) is 16.5. The number of likely N-dealkylation sites (N-methyl/N-ethyl adjacent to an activating group) is 1. The number of benzene rings is 1. The molecule has 12 heteroatoms. The first-order valence-corrected chi connectivity index (χ1v) is 17.2. The SMILES string of the molecule is CCS(C)(=O)(O)C1=C(CNC(=O)c2ccc(CC3CCCC(NC(=O)CN(C)C)C3)c(C(F)(F)F)c2)C(C)C(Cl)C=C1. The van der Waals surface area contributed by atoms with Crippen molar-refractivity contribution < 1.29 is 31.5 Å². The molecule has 3 rings (SSSR count). The average molecular weight is 634 g/mol. The highest BCUT2D eigenvalue weighted by molar-refractivity contribution is 8.18. The normalized spacial score (nSPS) is 24.3. The van der Waals surface area contributed by atoms with Crippen LogP contribution in [-0.2, 0) is 26.7 Å². The Balaban J connectivity index is 1.78. The molecule has 1 saturated carbocycles. The number of hydrogen-bond acceptors (Lipinski definition) is 4. The smallest absolute Gasteiger partial charge is 0.352 e. The van der Waals surface area contributed by atoms with Crippen molar-refractivity contribution in [3.63, 3.8) is 0 Å². The van der Waals surface area contributed by atoms with Crippen molar-refractivity contribution in [3.05, 3.63) is 57.5 Å². The standard InChI is InChI=1S/C30H43ClF3N3O4S/c1-6-42(5,40,41)27-13-12-26(31)19(2)24(27)17-35-29(39)22-11-10-21(25(16-22)30(32,33)34)14-20-8-7-9-23(15-20)36-28(38)18-37(3)4/h10-13,16,19-20,23,26H,6-9,14-15,17-18H2,1-5H3,(H,35,39)(H,36,38)(H,40,41). The van der Waals surface area contributed by atoms with Crippen LogP contribution in [-0.4, -0.2) is 76.1 Å². The molecule has 0 spiro atoms. The molecule has 0 heterocycles. The van der Waals surface area contributed by atoms with Crippen molar-refractivity contribution in [1.29, 1.82) is 0 Å². The molecule has 1 aromatic rings. The lowest BCUT2D eigenvalue weighted by atomic mass is 9.81. The van der Waals surface area contributed by atoms with Gasteiger partial charge in [0.25, 0.3) is 5.91 Å². The molecule has 236 valence electrons. The third-order valence-electron chi connectivity index (χ3n) is 8.25. The van der Waals surface area contributed by atoms with Gasteiger partial charge in [0, 0.05) is 36.1 Å². The van der Waals surface area contributed by atoms with E-state index in [0.717, 1.165) is 25.3 Å². The fourth-order valence-electron chi connectivity index (χ4n) is 5.70. The molecule has 7 nitrogen and oxygen atoms in total. The molecule has 0 aromatic heterocycles. The van der Waals surface area contributed by atoms with Gasteiger partial charge < -0.3 is 15.5 Å². The van der Waals surface area contributed by atoms with Crippen molar-refractivity contribution in [2.24, 2.45) is 11.8 Å². The summed E-state index contributed by atoms with van der Waals surface area (Å²) in [5.41, 5.74) is -0.420. The minimum absolute atomic E-state index is 0.0331. The topological polar surface area (TPSA) is 98.7 Å². The minimum atomic E-state index is -4.66. The van der Waals surface area contributed by atoms with Crippen LogP contribution >= 0.6 is 11.6 Å². The molecule has 1 aromatic carbocycles. The van der Waals surface area contributed by atoms with Crippen LogP contribution in [0.15, 0.2) is 40.8 Å². The van der Waals surface area contributed by atoms with Crippen molar-refractivity contribution in [2.75, 3.05) is 39.2 Å². The zero-order chi connectivity index (χ0) is 31.5. The summed E-state index contributed by atoms with van der Waals surface area (Å²) in [6.45, 7) is 3.50. The number of alkyl halides is 4. The van der Waals surface area contributed by atoms with E-state index < -0.39 is 32.4 Å². The zero-order valence-electron chi connectivity index (χ0n) is 24.9. The second-order valence-electron chi connectivity index (χ2n) is 12.0. The number of carbonyl (C=O) groups excluding carboxylic acids is 2. The van der Waals surface area contributed by atoms with Crippen LogP contribution in [0.4, 0.5) is 13.2 Å². The van der Waals surface area contributed by atoms with E-state index in [4.69, 9.17) is 11.6 Å². The van der Waals surface area contributed by atoms with Gasteiger partial charge in [-0.1, -0.05) is 25.5 Å². The van der Waals surface area contributed by atoms with E-state index in [1.807, 2.05) is 0 Å². The van der Waals surface area contributed by atoms with E-state index in [1.54, 1.807) is 38.9 Å². The van der Waals surface area contributed by atoms with Gasteiger partial charge in [0.05, 0.1) is 22.4 Å². The summed E-state index contributed by atoms with van der Waals surface area (Å²) in [6, 6.07) is 3.53. The molecule has 3 N–H and O–H groups in total. The maximum atomic E-state index is 14.2. The Kier molecular flexibility index (Phi) is 10.8. The van der Waals surface area contributed by atoms with E-state index in [0.29, 0.717) is 12.0 Å². The van der Waals surface area contributed by atoms with E-state index in [1.165, 1.54) is 24.5 Å². The molecular formula is C30H43ClF3N3O4S. The molecule has 2 amide bonds. The summed E-state index contributed by atoms with van der Waals surface area (Å²) in [6.07, 6.45) is 2.89. The summed E-state index contributed by atoms with van der Waals surface area (Å²) in [5, 5.41) is 5.18. The Morgan fingerprint density at radius 3 is 2.52 bits per heavy atom. The zero-order valence-corrected chi connectivity index (χ0v) is 26.5. The highest BCUT2D eigenvalue weighted by Gasteiger charge is 2.36. The summed E-state index contributed by atoms with van der Waals surface area (Å²) in [5.74, 6) is -1.26. The Bertz CT molecular complexity index is 1300. The van der Waals surface area contributed by atoms with Crippen molar-refractivity contribution in [3.8, 4) is 0 Å². The fourth-order valence-corrected chi connectivity index (χ4v) is 7.59. The van der Waals surface area contributed by atoms with Gasteiger partial charge in [0.15, 0.2) is 0 Å². The number of hydrogen-bond donors (Lipinski definition) is 3. The fraction of sp³-hybridized carbons (Fsp3) is 0.600. The van der Waals surface area contributed by atoms with Crippen LogP contribution in [0.3, 0.4) is 0 Å². The number of nitrogens with one attached hydrogen (secondary N) is 2. The summed E-state index contributed by atoms with van der Waals surface area (Å²) < 4.78 is 66.7. The minimum Gasteiger partial charge on any atom is -0.352 e. The molecule has 4 unspecified atom stereocenters. The first kappa shape index (κ1) is 34.3. The van der Waals surface area contributed by atoms with Crippen LogP contribution in [0, 0.1) is 11.8 Å². The first-order chi connectivity index (χ1) is 19.4. The number of amides is 2. The summed E-state index contributed by atoms with van der Waals surface area (Å²) in [7, 11) is -0.602. The molecule has 0 bridgehead atoms. The van der Waals surface area contributed by atoms with E-state index in [9.17, 15) is 31.5 Å². The largest absolute Gasteiger partial charge is 0.416 e. The molecule has 4 atom stereocenters. The second kappa shape index (κ2) is 13.2. The predicted octanol–water partition coefficient (Wildman–Crippen LogP) is 5.22. The Morgan fingerprint density at radius 1 is 1.21 bits per heavy atom. The van der Waals surface area contributed by atoms with Crippen LogP contribution in [0.2, 0.25) is 0 Å². The van der Waals surface area contributed by atoms with E-state index >= 15 is 0 Å². The Morgan fingerprint density at radius 2 is 1.90 bits per heavy atom. The highest BCUT2D eigenvalue weighted by Crippen LogP contribution is 2.39. The quantitative estimate of drug-likeness (QED) is 0.307. The molecule has 0 radical (unpaired) electrons. The molecule has 0 saturated heterocycles. The lowest BCUT2D eigenvalue weighted by Crippen LogP contribution is -2.42. The van der Waals surface area contributed by atoms with Crippen molar-refractivity contribution in [2.45, 2.75) is 63.5 Å². The average Bonchev–Trinajstić information content (AvgIpc) is 2.88. The number of halogens is 4. The maximum Gasteiger partial charge on any atom is 0.416 e. The molecule has 2 aliphatic carbocycles. The van der Waals surface area contributed by atoms with Crippen LogP contribution in [0.5, 0.6) is 0 Å². The Labute approximate surface area is 251 Å². The van der Waals surface area contributed by atoms with Gasteiger partial charge in [-0.2, -0.15) is 22.5 Å². The van der Waals surface area contributed by atoms with E-state index in [2.05, 4.69) is 10.6 Å². The molecule has 42 heavy (non-hydrogen) atoms. The molecule has 1 fully saturated rings. The van der Waals surface area contributed by atoms with Gasteiger partial charge in [-0.05, 0) is 82.0 Å². The van der Waals surface area contributed by atoms with Crippen LogP contribution < -0.4 is 10.6 Å². The number of nitrogens with zero attached hydrogens (tertiary/aromatic N) is 1. The van der Waals surface area contributed by atoms with Gasteiger partial charge in [-0.25, -0.2) is 4.21 Å². The van der Waals surface area contributed by atoms with E-state index in [-0.39, 0.29) is 65.1 Å². The molecule has 2 aliphatic rings. The van der Waals surface area contributed by atoms with Gasteiger partial charge in [0.1, 0.15) is 0 Å². The van der Waals surface area contributed by atoms with Gasteiger partial charge in [-0.15, -0.1) is 11.6 Å². The molecule has 0 aliphatic heterocycles. The van der Waals surface area contributed by atoms with Gasteiger partial charge >= 0.3 is 6.18 Å².